The number of carbonyl (C=O) groups is 1. The van der Waals surface area contributed by atoms with Gasteiger partial charge in [0, 0.05) is 18.0 Å². The molecule has 3 aromatic rings. The Kier molecular flexibility index (Phi) is 7.72. The quantitative estimate of drug-likeness (QED) is 0.532. The Balaban J connectivity index is 1.52. The lowest BCUT2D eigenvalue weighted by atomic mass is 10.2. The monoisotopic (exact) mass is 427 g/mol. The molecule has 0 aliphatic carbocycles. The Morgan fingerprint density at radius 1 is 0.931 bits per heavy atom. The van der Waals surface area contributed by atoms with E-state index in [0.29, 0.717) is 24.7 Å². The zero-order chi connectivity index (χ0) is 20.5. The molecule has 0 saturated heterocycles. The Hall–Kier alpha value is -2.77. The lowest BCUT2D eigenvalue weighted by molar-refractivity contribution is -0.120. The maximum absolute atomic E-state index is 12.9. The normalized spacial score (nSPS) is 10.4. The number of rotatable bonds is 8. The van der Waals surface area contributed by atoms with Gasteiger partial charge in [0.25, 0.3) is 0 Å². The largest absolute Gasteiger partial charge is 0.353 e. The highest BCUT2D eigenvalue weighted by Gasteiger charge is 2.13. The first-order chi connectivity index (χ1) is 14.1. The predicted molar refractivity (Wildman–Crippen MR) is 119 cm³/mol. The third-order valence-electron chi connectivity index (χ3n) is 4.23. The summed E-state index contributed by atoms with van der Waals surface area (Å²) in [5.74, 6) is -0.469. The van der Waals surface area contributed by atoms with E-state index in [2.05, 4.69) is 28.8 Å². The van der Waals surface area contributed by atoms with E-state index in [9.17, 15) is 9.18 Å². The summed E-state index contributed by atoms with van der Waals surface area (Å²) in [6, 6.07) is 20.2. The molecule has 3 rings (SSSR count). The molecule has 4 nitrogen and oxygen atoms in total. The third kappa shape index (κ3) is 6.96. The summed E-state index contributed by atoms with van der Waals surface area (Å²) in [6.45, 7) is 1.75. The number of halogens is 1. The van der Waals surface area contributed by atoms with Crippen LogP contribution in [0.3, 0.4) is 0 Å². The highest BCUT2D eigenvalue weighted by atomic mass is 32.1. The van der Waals surface area contributed by atoms with E-state index in [4.69, 9.17) is 12.2 Å². The minimum atomic E-state index is -0.295. The van der Waals surface area contributed by atoms with Crippen molar-refractivity contribution in [1.82, 2.24) is 15.5 Å². The zero-order valence-electron chi connectivity index (χ0n) is 15.8. The van der Waals surface area contributed by atoms with Crippen LogP contribution in [0.4, 0.5) is 4.39 Å². The highest BCUT2D eigenvalue weighted by molar-refractivity contribution is 7.80. The second-order valence-electron chi connectivity index (χ2n) is 6.48. The van der Waals surface area contributed by atoms with E-state index in [-0.39, 0.29) is 18.3 Å². The minimum Gasteiger partial charge on any atom is -0.353 e. The number of benzene rings is 2. The third-order valence-corrected chi connectivity index (χ3v) is 5.50. The van der Waals surface area contributed by atoms with Gasteiger partial charge in [-0.25, -0.2) is 4.39 Å². The van der Waals surface area contributed by atoms with Crippen molar-refractivity contribution < 1.29 is 9.18 Å². The molecule has 0 fully saturated rings. The maximum Gasteiger partial charge on any atom is 0.239 e. The Morgan fingerprint density at radius 3 is 2.38 bits per heavy atom. The SMILES string of the molecule is O=C(CNC(=S)N(Cc1ccccc1)Cc1cccs1)NCc1ccc(F)cc1. The standard InChI is InChI=1S/C22H22FN3OS2/c23-19-10-8-17(9-11-19)13-24-21(27)14-25-22(28)26(16-20-7-4-12-29-20)15-18-5-2-1-3-6-18/h1-12H,13-16H2,(H,24,27)(H,25,28). The molecule has 0 radical (unpaired) electrons. The first-order valence-electron chi connectivity index (χ1n) is 9.20. The van der Waals surface area contributed by atoms with Crippen molar-refractivity contribution in [2.45, 2.75) is 19.6 Å². The molecule has 0 unspecified atom stereocenters. The minimum absolute atomic E-state index is 0.0791. The van der Waals surface area contributed by atoms with Crippen molar-refractivity contribution in [1.29, 1.82) is 0 Å². The molecule has 2 N–H and O–H groups in total. The summed E-state index contributed by atoms with van der Waals surface area (Å²) >= 11 is 7.23. The predicted octanol–water partition coefficient (Wildman–Crippen LogP) is 4.08. The van der Waals surface area contributed by atoms with Crippen LogP contribution in [0.2, 0.25) is 0 Å². The highest BCUT2D eigenvalue weighted by Crippen LogP contribution is 2.14. The van der Waals surface area contributed by atoms with Gasteiger partial charge in [-0.3, -0.25) is 4.79 Å². The van der Waals surface area contributed by atoms with E-state index in [1.165, 1.54) is 17.0 Å². The number of carbonyl (C=O) groups excluding carboxylic acids is 1. The fourth-order valence-electron chi connectivity index (χ4n) is 2.73. The Labute approximate surface area is 179 Å². The number of hydrogen-bond acceptors (Lipinski definition) is 3. The summed E-state index contributed by atoms with van der Waals surface area (Å²) in [5.41, 5.74) is 1.99. The lowest BCUT2D eigenvalue weighted by Crippen LogP contribution is -2.43. The van der Waals surface area contributed by atoms with Gasteiger partial charge in [-0.05, 0) is 46.9 Å². The summed E-state index contributed by atoms with van der Waals surface area (Å²) < 4.78 is 12.9. The topological polar surface area (TPSA) is 44.4 Å². The fourth-order valence-corrected chi connectivity index (χ4v) is 3.65. The molecule has 7 heteroatoms. The van der Waals surface area contributed by atoms with Gasteiger partial charge in [-0.1, -0.05) is 48.5 Å². The van der Waals surface area contributed by atoms with Crippen molar-refractivity contribution >= 4 is 34.6 Å². The van der Waals surface area contributed by atoms with Crippen LogP contribution in [-0.4, -0.2) is 22.5 Å². The maximum atomic E-state index is 12.9. The fraction of sp³-hybridized carbons (Fsp3) is 0.182. The number of thiocarbonyl (C=S) groups is 1. The average molecular weight is 428 g/mol. The van der Waals surface area contributed by atoms with Crippen molar-refractivity contribution in [3.8, 4) is 0 Å². The van der Waals surface area contributed by atoms with Gasteiger partial charge in [0.2, 0.25) is 5.91 Å². The second-order valence-corrected chi connectivity index (χ2v) is 7.90. The first-order valence-corrected chi connectivity index (χ1v) is 10.5. The van der Waals surface area contributed by atoms with Gasteiger partial charge < -0.3 is 15.5 Å². The van der Waals surface area contributed by atoms with Gasteiger partial charge >= 0.3 is 0 Å². The Bertz CT molecular complexity index is 915. The van der Waals surface area contributed by atoms with Crippen molar-refractivity contribution in [2.24, 2.45) is 0 Å². The molecule has 0 bridgehead atoms. The summed E-state index contributed by atoms with van der Waals surface area (Å²) in [7, 11) is 0. The van der Waals surface area contributed by atoms with Crippen LogP contribution < -0.4 is 10.6 Å². The zero-order valence-corrected chi connectivity index (χ0v) is 17.4. The van der Waals surface area contributed by atoms with E-state index in [1.54, 1.807) is 23.5 Å². The molecular weight excluding hydrogens is 405 g/mol. The smallest absolute Gasteiger partial charge is 0.239 e. The molecule has 29 heavy (non-hydrogen) atoms. The number of thiophene rings is 1. The summed E-state index contributed by atoms with van der Waals surface area (Å²) in [4.78, 5) is 15.4. The van der Waals surface area contributed by atoms with Gasteiger partial charge in [0.15, 0.2) is 5.11 Å². The number of hydrogen-bond donors (Lipinski definition) is 2. The molecule has 0 saturated carbocycles. The van der Waals surface area contributed by atoms with Crippen molar-refractivity contribution in [3.05, 3.63) is 93.9 Å². The van der Waals surface area contributed by atoms with Crippen molar-refractivity contribution in [3.63, 3.8) is 0 Å². The van der Waals surface area contributed by atoms with Gasteiger partial charge in [-0.15, -0.1) is 11.3 Å². The van der Waals surface area contributed by atoms with Crippen LogP contribution in [0.1, 0.15) is 16.0 Å². The van der Waals surface area contributed by atoms with E-state index in [0.717, 1.165) is 11.1 Å². The second kappa shape index (κ2) is 10.7. The molecule has 150 valence electrons. The van der Waals surface area contributed by atoms with E-state index >= 15 is 0 Å². The lowest BCUT2D eigenvalue weighted by Gasteiger charge is -2.25. The molecule has 1 aromatic heterocycles. The molecular formula is C22H22FN3OS2. The van der Waals surface area contributed by atoms with Gasteiger partial charge in [0.1, 0.15) is 5.82 Å². The molecule has 0 aliphatic rings. The van der Waals surface area contributed by atoms with E-state index < -0.39 is 0 Å². The molecule has 0 spiro atoms. The Morgan fingerprint density at radius 2 is 1.69 bits per heavy atom. The molecule has 1 amide bonds. The number of amides is 1. The molecule has 0 atom stereocenters. The van der Waals surface area contributed by atoms with Crippen LogP contribution in [0.5, 0.6) is 0 Å². The van der Waals surface area contributed by atoms with Gasteiger partial charge in [0.05, 0.1) is 13.1 Å². The van der Waals surface area contributed by atoms with Crippen LogP contribution in [0, 0.1) is 5.82 Å². The number of nitrogens with zero attached hydrogens (tertiary/aromatic N) is 1. The first kappa shape index (κ1) is 21.0. The van der Waals surface area contributed by atoms with Crippen LogP contribution in [0.25, 0.3) is 0 Å². The van der Waals surface area contributed by atoms with Crippen molar-refractivity contribution in [2.75, 3.05) is 6.54 Å². The average Bonchev–Trinajstić information content (AvgIpc) is 3.25. The summed E-state index contributed by atoms with van der Waals surface area (Å²) in [6.07, 6.45) is 0. The molecule has 1 heterocycles. The molecule has 2 aromatic carbocycles. The van der Waals surface area contributed by atoms with Crippen LogP contribution in [0.15, 0.2) is 72.1 Å². The number of nitrogens with one attached hydrogen (secondary N) is 2. The van der Waals surface area contributed by atoms with E-state index in [1.807, 2.05) is 34.5 Å². The summed E-state index contributed by atoms with van der Waals surface area (Å²) in [5, 5.41) is 8.42. The van der Waals surface area contributed by atoms with Gasteiger partial charge in [-0.2, -0.15) is 0 Å². The van der Waals surface area contributed by atoms with Crippen LogP contribution >= 0.6 is 23.6 Å². The van der Waals surface area contributed by atoms with Crippen LogP contribution in [-0.2, 0) is 24.4 Å². The molecule has 0 aliphatic heterocycles.